The molecule has 1 aromatic carbocycles. The lowest BCUT2D eigenvalue weighted by Crippen LogP contribution is -2.29. The summed E-state index contributed by atoms with van der Waals surface area (Å²) in [4.78, 5) is 12.4. The third kappa shape index (κ3) is 4.49. The number of hydrogen-bond donors (Lipinski definition) is 1. The van der Waals surface area contributed by atoms with E-state index >= 15 is 0 Å². The van der Waals surface area contributed by atoms with E-state index in [9.17, 15) is 13.6 Å². The minimum atomic E-state index is -2.89. The van der Waals surface area contributed by atoms with E-state index in [0.717, 1.165) is 0 Å². The fourth-order valence-electron chi connectivity index (χ4n) is 2.68. The standard InChI is InChI=1S/C18H18F2N6O2/c1-3-4-9-18(23-24-18)10-11-21-16(27)15-12(2)26(25-22-15)13-5-7-14(8-6-13)28-17(19)20/h1,5-8,17H,4,9-11H2,2H3,(H,21,27). The van der Waals surface area contributed by atoms with E-state index in [1.807, 2.05) is 0 Å². The Balaban J connectivity index is 1.59. The molecule has 2 aromatic rings. The van der Waals surface area contributed by atoms with Gasteiger partial charge in [-0.15, -0.1) is 17.4 Å². The highest BCUT2D eigenvalue weighted by Gasteiger charge is 2.38. The van der Waals surface area contributed by atoms with Gasteiger partial charge in [0.15, 0.2) is 11.4 Å². The number of amides is 1. The van der Waals surface area contributed by atoms with Crippen LogP contribution in [0.2, 0.25) is 0 Å². The van der Waals surface area contributed by atoms with E-state index < -0.39 is 12.3 Å². The number of terminal acetylenes is 1. The highest BCUT2D eigenvalue weighted by molar-refractivity contribution is 5.93. The molecule has 0 bridgehead atoms. The summed E-state index contributed by atoms with van der Waals surface area (Å²) in [5.41, 5.74) is 0.793. The molecular formula is C18H18F2N6O2. The molecule has 0 spiro atoms. The van der Waals surface area contributed by atoms with Crippen molar-refractivity contribution in [3.8, 4) is 23.8 Å². The molecule has 10 heteroatoms. The fourth-order valence-corrected chi connectivity index (χ4v) is 2.68. The normalized spacial score (nSPS) is 14.0. The van der Waals surface area contributed by atoms with Crippen LogP contribution >= 0.6 is 0 Å². The Morgan fingerprint density at radius 3 is 2.64 bits per heavy atom. The van der Waals surface area contributed by atoms with Crippen LogP contribution in [0.15, 0.2) is 34.5 Å². The number of ether oxygens (including phenoxy) is 1. The lowest BCUT2D eigenvalue weighted by Gasteiger charge is -2.09. The number of nitrogens with one attached hydrogen (secondary N) is 1. The summed E-state index contributed by atoms with van der Waals surface area (Å²) in [5.74, 6) is 2.22. The molecule has 0 aliphatic carbocycles. The highest BCUT2D eigenvalue weighted by atomic mass is 19.3. The predicted molar refractivity (Wildman–Crippen MR) is 95.3 cm³/mol. The van der Waals surface area contributed by atoms with Crippen LogP contribution in [-0.4, -0.2) is 39.7 Å². The van der Waals surface area contributed by atoms with Gasteiger partial charge in [0.1, 0.15) is 5.75 Å². The van der Waals surface area contributed by atoms with Gasteiger partial charge in [0.25, 0.3) is 5.91 Å². The van der Waals surface area contributed by atoms with E-state index in [2.05, 4.69) is 36.5 Å². The third-order valence-electron chi connectivity index (χ3n) is 4.28. The Kier molecular flexibility index (Phi) is 5.63. The van der Waals surface area contributed by atoms with Crippen LogP contribution in [0.4, 0.5) is 8.78 Å². The first-order chi connectivity index (χ1) is 13.4. The number of aromatic nitrogens is 3. The maximum Gasteiger partial charge on any atom is 0.387 e. The lowest BCUT2D eigenvalue weighted by atomic mass is 10.0. The SMILES string of the molecule is C#CCCC1(CCNC(=O)c2nnn(-c3ccc(OC(F)F)cc3)c2C)N=N1. The number of alkyl halides is 2. The summed E-state index contributed by atoms with van der Waals surface area (Å²) >= 11 is 0. The second-order valence-electron chi connectivity index (χ2n) is 6.20. The number of carbonyl (C=O) groups is 1. The minimum absolute atomic E-state index is 0.0316. The first-order valence-electron chi connectivity index (χ1n) is 8.57. The van der Waals surface area contributed by atoms with Crippen LogP contribution < -0.4 is 10.1 Å². The van der Waals surface area contributed by atoms with Crippen molar-refractivity contribution in [2.45, 2.75) is 38.5 Å². The Morgan fingerprint density at radius 1 is 1.32 bits per heavy atom. The van der Waals surface area contributed by atoms with Crippen LogP contribution in [-0.2, 0) is 0 Å². The van der Waals surface area contributed by atoms with E-state index in [1.54, 1.807) is 19.1 Å². The van der Waals surface area contributed by atoms with Gasteiger partial charge >= 0.3 is 6.61 Å². The number of hydrogen-bond acceptors (Lipinski definition) is 6. The van der Waals surface area contributed by atoms with Gasteiger partial charge in [-0.2, -0.15) is 19.0 Å². The smallest absolute Gasteiger partial charge is 0.387 e. The van der Waals surface area contributed by atoms with Gasteiger partial charge in [0.2, 0.25) is 0 Å². The first-order valence-corrected chi connectivity index (χ1v) is 8.57. The summed E-state index contributed by atoms with van der Waals surface area (Å²) in [6.07, 6.45) is 7.07. The Labute approximate surface area is 160 Å². The van der Waals surface area contributed by atoms with E-state index in [0.29, 0.717) is 37.2 Å². The van der Waals surface area contributed by atoms with Crippen LogP contribution in [0.3, 0.4) is 0 Å². The summed E-state index contributed by atoms with van der Waals surface area (Å²) < 4.78 is 30.2. The molecule has 0 atom stereocenters. The molecule has 8 nitrogen and oxygen atoms in total. The molecular weight excluding hydrogens is 370 g/mol. The molecule has 0 saturated heterocycles. The van der Waals surface area contributed by atoms with Gasteiger partial charge in [-0.05, 0) is 31.2 Å². The molecule has 0 saturated carbocycles. The van der Waals surface area contributed by atoms with Crippen molar-refractivity contribution in [3.63, 3.8) is 0 Å². The molecule has 1 aromatic heterocycles. The zero-order valence-electron chi connectivity index (χ0n) is 15.1. The van der Waals surface area contributed by atoms with Crippen LogP contribution in [0.5, 0.6) is 5.75 Å². The summed E-state index contributed by atoms with van der Waals surface area (Å²) in [5, 5.41) is 18.7. The van der Waals surface area contributed by atoms with Crippen molar-refractivity contribution in [2.24, 2.45) is 10.2 Å². The van der Waals surface area contributed by atoms with Crippen molar-refractivity contribution in [1.82, 2.24) is 20.3 Å². The molecule has 1 aliphatic rings. The minimum Gasteiger partial charge on any atom is -0.435 e. The number of carbonyl (C=O) groups excluding carboxylic acids is 1. The number of halogens is 2. The summed E-state index contributed by atoms with van der Waals surface area (Å²) in [6.45, 7) is -0.822. The van der Waals surface area contributed by atoms with Crippen molar-refractivity contribution in [1.29, 1.82) is 0 Å². The van der Waals surface area contributed by atoms with Crippen molar-refractivity contribution >= 4 is 5.91 Å². The zero-order chi connectivity index (χ0) is 20.1. The van der Waals surface area contributed by atoms with E-state index in [-0.39, 0.29) is 17.4 Å². The summed E-state index contributed by atoms with van der Waals surface area (Å²) in [7, 11) is 0. The second-order valence-corrected chi connectivity index (χ2v) is 6.20. The van der Waals surface area contributed by atoms with Crippen molar-refractivity contribution in [3.05, 3.63) is 35.7 Å². The summed E-state index contributed by atoms with van der Waals surface area (Å²) in [6, 6.07) is 5.88. The van der Waals surface area contributed by atoms with Gasteiger partial charge in [-0.25, -0.2) is 4.68 Å². The molecule has 3 rings (SSSR count). The lowest BCUT2D eigenvalue weighted by molar-refractivity contribution is -0.0498. The molecule has 146 valence electrons. The monoisotopic (exact) mass is 388 g/mol. The number of rotatable bonds is 9. The quantitative estimate of drug-likeness (QED) is 0.669. The molecule has 0 fully saturated rings. The Hall–Kier alpha value is -3.35. The van der Waals surface area contributed by atoms with E-state index in [4.69, 9.17) is 6.42 Å². The van der Waals surface area contributed by atoms with Crippen LogP contribution in [0.25, 0.3) is 5.69 Å². The predicted octanol–water partition coefficient (Wildman–Crippen LogP) is 2.87. The van der Waals surface area contributed by atoms with Gasteiger partial charge < -0.3 is 10.1 Å². The Bertz CT molecular complexity index is 911. The molecule has 0 radical (unpaired) electrons. The van der Waals surface area contributed by atoms with Gasteiger partial charge in [0, 0.05) is 25.8 Å². The van der Waals surface area contributed by atoms with E-state index in [1.165, 1.54) is 16.8 Å². The topological polar surface area (TPSA) is 93.8 Å². The van der Waals surface area contributed by atoms with Crippen molar-refractivity contribution in [2.75, 3.05) is 6.54 Å². The molecule has 1 N–H and O–H groups in total. The average molecular weight is 388 g/mol. The number of nitrogens with zero attached hydrogens (tertiary/aromatic N) is 5. The second kappa shape index (κ2) is 8.12. The van der Waals surface area contributed by atoms with Gasteiger partial charge in [0.05, 0.1) is 11.4 Å². The van der Waals surface area contributed by atoms with Gasteiger partial charge in [-0.1, -0.05) is 5.21 Å². The highest BCUT2D eigenvalue weighted by Crippen LogP contribution is 2.36. The molecule has 1 aliphatic heterocycles. The number of benzene rings is 1. The molecule has 2 heterocycles. The van der Waals surface area contributed by atoms with Crippen LogP contribution in [0, 0.1) is 19.3 Å². The van der Waals surface area contributed by atoms with Gasteiger partial charge in [-0.3, -0.25) is 4.79 Å². The molecule has 28 heavy (non-hydrogen) atoms. The average Bonchev–Trinajstić information content (AvgIpc) is 3.33. The third-order valence-corrected chi connectivity index (χ3v) is 4.28. The fraction of sp³-hybridized carbons (Fsp3) is 0.389. The maximum atomic E-state index is 12.4. The zero-order valence-corrected chi connectivity index (χ0v) is 15.1. The molecule has 0 unspecified atom stereocenters. The largest absolute Gasteiger partial charge is 0.435 e. The van der Waals surface area contributed by atoms with Crippen LogP contribution in [0.1, 0.15) is 35.4 Å². The first kappa shape index (κ1) is 19.4. The van der Waals surface area contributed by atoms with Crippen molar-refractivity contribution < 1.29 is 18.3 Å². The maximum absolute atomic E-state index is 12.4. The Morgan fingerprint density at radius 2 is 2.04 bits per heavy atom. The molecule has 1 amide bonds.